The van der Waals surface area contributed by atoms with Gasteiger partial charge in [-0.25, -0.2) is 0 Å². The molecule has 2 fully saturated rings. The average Bonchev–Trinajstić information content (AvgIpc) is 2.68. The molecule has 0 aromatic heterocycles. The first-order chi connectivity index (χ1) is 15.1. The normalized spacial score (nSPS) is 29.0. The fourth-order valence-electron chi connectivity index (χ4n) is 4.95. The lowest BCUT2D eigenvalue weighted by atomic mass is 9.69. The van der Waals surface area contributed by atoms with Crippen molar-refractivity contribution < 1.29 is 23.9 Å². The summed E-state index contributed by atoms with van der Waals surface area (Å²) in [6.45, 7) is 17.8. The van der Waals surface area contributed by atoms with Crippen molar-refractivity contribution in [2.75, 3.05) is 6.61 Å². The van der Waals surface area contributed by atoms with E-state index in [1.54, 1.807) is 0 Å². The molecule has 1 heterocycles. The Balaban J connectivity index is 2.48. The van der Waals surface area contributed by atoms with Crippen LogP contribution in [0.3, 0.4) is 0 Å². The van der Waals surface area contributed by atoms with E-state index >= 15 is 0 Å². The molecular formula is C26H46N2O5. The highest BCUT2D eigenvalue weighted by atomic mass is 16.6. The zero-order valence-corrected chi connectivity index (χ0v) is 22.2. The lowest BCUT2D eigenvalue weighted by molar-refractivity contribution is -0.221. The number of nitrogens with one attached hydrogen (secondary N) is 1. The third-order valence-corrected chi connectivity index (χ3v) is 7.20. The summed E-state index contributed by atoms with van der Waals surface area (Å²) >= 11 is 0. The quantitative estimate of drug-likeness (QED) is 0.466. The number of hydrogen-bond donors (Lipinski definition) is 1. The van der Waals surface area contributed by atoms with Crippen molar-refractivity contribution in [2.24, 2.45) is 22.7 Å². The molecule has 1 saturated heterocycles. The molecule has 0 aromatic carbocycles. The molecule has 0 bridgehead atoms. The van der Waals surface area contributed by atoms with Gasteiger partial charge in [-0.3, -0.25) is 14.4 Å². The van der Waals surface area contributed by atoms with Gasteiger partial charge in [-0.15, -0.1) is 0 Å². The number of esters is 1. The van der Waals surface area contributed by atoms with Gasteiger partial charge in [0.05, 0.1) is 12.0 Å². The Morgan fingerprint density at radius 3 is 2.15 bits per heavy atom. The minimum absolute atomic E-state index is 0.0250. The van der Waals surface area contributed by atoms with E-state index in [2.05, 4.69) is 19.2 Å². The first-order valence-electron chi connectivity index (χ1n) is 12.5. The number of hydrogen-bond acceptors (Lipinski definition) is 5. The average molecular weight is 467 g/mol. The van der Waals surface area contributed by atoms with Crippen molar-refractivity contribution in [2.45, 2.75) is 118 Å². The van der Waals surface area contributed by atoms with E-state index in [0.29, 0.717) is 6.61 Å². The van der Waals surface area contributed by atoms with E-state index in [4.69, 9.17) is 9.47 Å². The summed E-state index contributed by atoms with van der Waals surface area (Å²) in [7, 11) is 0. The van der Waals surface area contributed by atoms with Crippen LogP contribution in [-0.2, 0) is 23.9 Å². The Morgan fingerprint density at radius 1 is 1.09 bits per heavy atom. The van der Waals surface area contributed by atoms with Gasteiger partial charge >= 0.3 is 5.97 Å². The van der Waals surface area contributed by atoms with E-state index in [1.165, 1.54) is 4.90 Å². The summed E-state index contributed by atoms with van der Waals surface area (Å²) < 4.78 is 12.2. The van der Waals surface area contributed by atoms with Gasteiger partial charge in [0.1, 0.15) is 12.1 Å². The fraction of sp³-hybridized carbons (Fsp3) is 0.885. The number of carbonyl (C=O) groups excluding carboxylic acids is 3. The molecule has 0 aromatic rings. The van der Waals surface area contributed by atoms with Crippen molar-refractivity contribution >= 4 is 18.3 Å². The SMILES string of the molecule is C[C@H]1[C@H](OC(=O)C(C)(C)C)[C@@H](N(C=O)[C@H](C(=O)NC(C)(C)C)C2(C)CCCCC2)OC[C@H]1C. The summed E-state index contributed by atoms with van der Waals surface area (Å²) in [6, 6.07) is -0.712. The van der Waals surface area contributed by atoms with Crippen LogP contribution in [0.25, 0.3) is 0 Å². The van der Waals surface area contributed by atoms with Crippen molar-refractivity contribution in [3.63, 3.8) is 0 Å². The van der Waals surface area contributed by atoms with Crippen LogP contribution >= 0.6 is 0 Å². The molecule has 5 atom stereocenters. The van der Waals surface area contributed by atoms with Gasteiger partial charge in [-0.05, 0) is 65.7 Å². The van der Waals surface area contributed by atoms with E-state index in [1.807, 2.05) is 48.5 Å². The van der Waals surface area contributed by atoms with Crippen LogP contribution in [0, 0.1) is 22.7 Å². The van der Waals surface area contributed by atoms with Crippen LogP contribution < -0.4 is 5.32 Å². The second-order valence-electron chi connectivity index (χ2n) is 12.6. The standard InChI is InChI=1S/C26H46N2O5/c1-17-15-32-22(19(18(17)2)33-23(31)24(3,4)5)28(16-29)20(21(30)27-25(6,7)8)26(9)13-11-10-12-14-26/h16-20,22H,10-15H2,1-9H3,(H,27,30)/t17-,18-,19+,20-,22+/m1/s1. The zero-order chi connectivity index (χ0) is 25.2. The van der Waals surface area contributed by atoms with Crippen molar-refractivity contribution in [3.05, 3.63) is 0 Å². The molecule has 0 unspecified atom stereocenters. The second-order valence-corrected chi connectivity index (χ2v) is 12.6. The van der Waals surface area contributed by atoms with Gasteiger partial charge in [0.25, 0.3) is 0 Å². The molecule has 1 aliphatic carbocycles. The molecule has 1 N–H and O–H groups in total. The maximum atomic E-state index is 13.7. The smallest absolute Gasteiger partial charge is 0.311 e. The van der Waals surface area contributed by atoms with Gasteiger partial charge in [-0.2, -0.15) is 0 Å². The monoisotopic (exact) mass is 466 g/mol. The second kappa shape index (κ2) is 10.3. The molecule has 7 nitrogen and oxygen atoms in total. The molecule has 1 saturated carbocycles. The molecule has 2 amide bonds. The Labute approximate surface area is 200 Å². The molecule has 2 rings (SSSR count). The highest BCUT2D eigenvalue weighted by molar-refractivity contribution is 5.85. The Bertz CT molecular complexity index is 702. The molecule has 2 aliphatic rings. The summed E-state index contributed by atoms with van der Waals surface area (Å²) in [5.74, 6) is -0.398. The molecule has 0 spiro atoms. The summed E-state index contributed by atoms with van der Waals surface area (Å²) in [6.07, 6.45) is 4.13. The molecule has 7 heteroatoms. The topological polar surface area (TPSA) is 84.9 Å². The van der Waals surface area contributed by atoms with Crippen LogP contribution in [0.15, 0.2) is 0 Å². The van der Waals surface area contributed by atoms with Crippen molar-refractivity contribution in [1.82, 2.24) is 10.2 Å². The maximum absolute atomic E-state index is 13.7. The predicted octanol–water partition coefficient (Wildman–Crippen LogP) is 4.28. The highest BCUT2D eigenvalue weighted by Gasteiger charge is 2.51. The van der Waals surface area contributed by atoms with Crippen molar-refractivity contribution in [1.29, 1.82) is 0 Å². The minimum atomic E-state index is -0.811. The van der Waals surface area contributed by atoms with Gasteiger partial charge in [0, 0.05) is 11.5 Å². The van der Waals surface area contributed by atoms with Crippen LogP contribution in [0.4, 0.5) is 0 Å². The summed E-state index contributed by atoms with van der Waals surface area (Å²) in [5.41, 5.74) is -1.51. The van der Waals surface area contributed by atoms with Gasteiger partial charge in [-0.1, -0.05) is 40.0 Å². The molecule has 0 radical (unpaired) electrons. The van der Waals surface area contributed by atoms with Crippen molar-refractivity contribution in [3.8, 4) is 0 Å². The minimum Gasteiger partial charge on any atom is -0.457 e. The molecular weight excluding hydrogens is 420 g/mol. The zero-order valence-electron chi connectivity index (χ0n) is 22.2. The van der Waals surface area contributed by atoms with E-state index in [9.17, 15) is 14.4 Å². The Kier molecular flexibility index (Phi) is 8.64. The van der Waals surface area contributed by atoms with E-state index < -0.39 is 29.3 Å². The summed E-state index contributed by atoms with van der Waals surface area (Å²) in [4.78, 5) is 40.7. The lowest BCUT2D eigenvalue weighted by Gasteiger charge is -2.50. The third kappa shape index (κ3) is 6.71. The number of nitrogens with zero attached hydrogens (tertiary/aromatic N) is 1. The van der Waals surface area contributed by atoms with Crippen LogP contribution in [0.5, 0.6) is 0 Å². The molecule has 190 valence electrons. The third-order valence-electron chi connectivity index (χ3n) is 7.20. The van der Waals surface area contributed by atoms with E-state index in [0.717, 1.165) is 38.5 Å². The van der Waals surface area contributed by atoms with Crippen LogP contribution in [0.2, 0.25) is 0 Å². The lowest BCUT2D eigenvalue weighted by Crippen LogP contribution is -2.65. The number of rotatable bonds is 6. The first-order valence-corrected chi connectivity index (χ1v) is 12.5. The van der Waals surface area contributed by atoms with E-state index in [-0.39, 0.29) is 29.1 Å². The molecule has 1 aliphatic heterocycles. The van der Waals surface area contributed by atoms with Crippen LogP contribution in [0.1, 0.15) is 94.4 Å². The highest BCUT2D eigenvalue weighted by Crippen LogP contribution is 2.43. The predicted molar refractivity (Wildman–Crippen MR) is 128 cm³/mol. The number of carbonyl (C=O) groups is 3. The Hall–Kier alpha value is -1.63. The largest absolute Gasteiger partial charge is 0.457 e. The van der Waals surface area contributed by atoms with Gasteiger partial charge in [0.2, 0.25) is 12.3 Å². The van der Waals surface area contributed by atoms with Crippen LogP contribution in [-0.4, -0.2) is 53.7 Å². The molecule has 33 heavy (non-hydrogen) atoms. The first kappa shape index (κ1) is 27.6. The summed E-state index contributed by atoms with van der Waals surface area (Å²) in [5, 5.41) is 3.09. The number of amides is 2. The maximum Gasteiger partial charge on any atom is 0.311 e. The fourth-order valence-corrected chi connectivity index (χ4v) is 4.95. The number of ether oxygens (including phenoxy) is 2. The Morgan fingerprint density at radius 2 is 1.67 bits per heavy atom. The van der Waals surface area contributed by atoms with Gasteiger partial charge < -0.3 is 19.7 Å². The van der Waals surface area contributed by atoms with Gasteiger partial charge in [0.15, 0.2) is 6.23 Å².